The highest BCUT2D eigenvalue weighted by Gasteiger charge is 2.65. The number of β-lactam (4-membered cyclic amide) rings is 1. The molecular weight excluding hydrogens is 480 g/mol. The minimum Gasteiger partial charge on any atom is -0.497 e. The predicted molar refractivity (Wildman–Crippen MR) is 125 cm³/mol. The zero-order valence-corrected chi connectivity index (χ0v) is 20.0. The third-order valence-electron chi connectivity index (χ3n) is 6.30. The fraction of sp³-hybridized carbons (Fsp3) is 0.333. The van der Waals surface area contributed by atoms with Crippen LogP contribution in [-0.2, 0) is 20.9 Å². The molecule has 0 saturated carbocycles. The SMILES string of the molecule is COc1ccc(COC(=O)[C@@H]2N3C(=O)[C@@H](N4C(=O)c5ccccc5C4=O)[C@H]3SC[C@@]2(C)Cl)cc1. The van der Waals surface area contributed by atoms with Crippen LogP contribution in [0.25, 0.3) is 0 Å². The number of fused-ring (bicyclic) bond motifs is 2. The number of carbonyl (C=O) groups is 4. The van der Waals surface area contributed by atoms with Crippen LogP contribution >= 0.6 is 23.4 Å². The Labute approximate surface area is 205 Å². The van der Waals surface area contributed by atoms with Gasteiger partial charge >= 0.3 is 5.97 Å². The summed E-state index contributed by atoms with van der Waals surface area (Å²) >= 11 is 8.02. The molecule has 5 rings (SSSR count). The third kappa shape index (κ3) is 3.45. The molecule has 3 aliphatic rings. The highest BCUT2D eigenvalue weighted by molar-refractivity contribution is 8.00. The number of rotatable bonds is 5. The van der Waals surface area contributed by atoms with Gasteiger partial charge in [-0.05, 0) is 36.8 Å². The van der Waals surface area contributed by atoms with E-state index in [2.05, 4.69) is 0 Å². The van der Waals surface area contributed by atoms with Crippen LogP contribution in [0.5, 0.6) is 5.75 Å². The number of alkyl halides is 1. The maximum atomic E-state index is 13.3. The Morgan fingerprint density at radius 3 is 2.29 bits per heavy atom. The summed E-state index contributed by atoms with van der Waals surface area (Å²) in [6.07, 6.45) is 0. The molecule has 0 unspecified atom stereocenters. The fourth-order valence-corrected chi connectivity index (χ4v) is 6.39. The third-order valence-corrected chi connectivity index (χ3v) is 8.40. The number of carbonyl (C=O) groups excluding carboxylic acids is 4. The molecule has 0 aromatic heterocycles. The monoisotopic (exact) mass is 500 g/mol. The average molecular weight is 501 g/mol. The van der Waals surface area contributed by atoms with E-state index < -0.39 is 46.0 Å². The molecule has 2 fully saturated rings. The molecule has 0 N–H and O–H groups in total. The van der Waals surface area contributed by atoms with Crippen molar-refractivity contribution >= 4 is 47.1 Å². The first-order valence-corrected chi connectivity index (χ1v) is 12.1. The summed E-state index contributed by atoms with van der Waals surface area (Å²) < 4.78 is 10.6. The largest absolute Gasteiger partial charge is 0.497 e. The number of thioether (sulfide) groups is 1. The van der Waals surface area contributed by atoms with Crippen molar-refractivity contribution in [1.29, 1.82) is 0 Å². The summed E-state index contributed by atoms with van der Waals surface area (Å²) in [5.74, 6) is -1.11. The Hall–Kier alpha value is -3.04. The molecule has 0 aliphatic carbocycles. The molecule has 8 nitrogen and oxygen atoms in total. The number of amides is 3. The molecular formula is C24H21ClN2O6S. The summed E-state index contributed by atoms with van der Waals surface area (Å²) in [6, 6.07) is 11.5. The van der Waals surface area contributed by atoms with Crippen LogP contribution in [0, 0.1) is 0 Å². The molecule has 4 atom stereocenters. The minimum absolute atomic E-state index is 0.00791. The van der Waals surface area contributed by atoms with Gasteiger partial charge in [-0.25, -0.2) is 4.79 Å². The summed E-state index contributed by atoms with van der Waals surface area (Å²) in [4.78, 5) is 53.5. The van der Waals surface area contributed by atoms with Crippen molar-refractivity contribution in [2.75, 3.05) is 12.9 Å². The van der Waals surface area contributed by atoms with E-state index >= 15 is 0 Å². The zero-order valence-electron chi connectivity index (χ0n) is 18.4. The van der Waals surface area contributed by atoms with Gasteiger partial charge in [-0.3, -0.25) is 19.3 Å². The maximum Gasteiger partial charge on any atom is 0.331 e. The maximum absolute atomic E-state index is 13.3. The van der Waals surface area contributed by atoms with Crippen molar-refractivity contribution in [2.24, 2.45) is 0 Å². The number of hydrogen-bond acceptors (Lipinski definition) is 7. The average Bonchev–Trinajstić information content (AvgIpc) is 3.08. The highest BCUT2D eigenvalue weighted by atomic mass is 35.5. The molecule has 2 aromatic rings. The molecule has 34 heavy (non-hydrogen) atoms. The van der Waals surface area contributed by atoms with E-state index in [1.165, 1.54) is 16.7 Å². The number of methoxy groups -OCH3 is 1. The Bertz CT molecular complexity index is 1170. The fourth-order valence-electron chi connectivity index (χ4n) is 4.55. The second kappa shape index (κ2) is 8.32. The van der Waals surface area contributed by atoms with Gasteiger partial charge < -0.3 is 14.4 Å². The Morgan fingerprint density at radius 2 is 1.71 bits per heavy atom. The second-order valence-electron chi connectivity index (χ2n) is 8.55. The van der Waals surface area contributed by atoms with Crippen LogP contribution < -0.4 is 4.74 Å². The Kier molecular flexibility index (Phi) is 5.56. The van der Waals surface area contributed by atoms with Gasteiger partial charge in [0.2, 0.25) is 0 Å². The highest BCUT2D eigenvalue weighted by Crippen LogP contribution is 2.48. The van der Waals surface area contributed by atoms with E-state index in [9.17, 15) is 19.2 Å². The lowest BCUT2D eigenvalue weighted by atomic mass is 9.93. The summed E-state index contributed by atoms with van der Waals surface area (Å²) in [5.41, 5.74) is 1.31. The Balaban J connectivity index is 1.34. The van der Waals surface area contributed by atoms with Gasteiger partial charge in [0, 0.05) is 5.75 Å². The second-order valence-corrected chi connectivity index (χ2v) is 10.5. The van der Waals surface area contributed by atoms with Crippen LogP contribution in [0.15, 0.2) is 48.5 Å². The summed E-state index contributed by atoms with van der Waals surface area (Å²) in [6.45, 7) is 1.69. The number of esters is 1. The molecule has 2 saturated heterocycles. The molecule has 0 radical (unpaired) electrons. The van der Waals surface area contributed by atoms with Gasteiger partial charge in [-0.15, -0.1) is 23.4 Å². The molecule has 10 heteroatoms. The van der Waals surface area contributed by atoms with Gasteiger partial charge in [0.05, 0.1) is 23.1 Å². The van der Waals surface area contributed by atoms with E-state index in [4.69, 9.17) is 21.1 Å². The van der Waals surface area contributed by atoms with Gasteiger partial charge in [0.15, 0.2) is 6.04 Å². The van der Waals surface area contributed by atoms with E-state index in [1.807, 2.05) is 0 Å². The topological polar surface area (TPSA) is 93.2 Å². The number of hydrogen-bond donors (Lipinski definition) is 0. The number of nitrogens with zero attached hydrogens (tertiary/aromatic N) is 2. The smallest absolute Gasteiger partial charge is 0.331 e. The zero-order chi connectivity index (χ0) is 24.2. The number of halogens is 1. The quantitative estimate of drug-likeness (QED) is 0.270. The van der Waals surface area contributed by atoms with E-state index in [0.29, 0.717) is 11.5 Å². The first kappa shape index (κ1) is 22.7. The molecule has 3 aliphatic heterocycles. The lowest BCUT2D eigenvalue weighted by Crippen LogP contribution is -2.78. The Morgan fingerprint density at radius 1 is 1.09 bits per heavy atom. The summed E-state index contributed by atoms with van der Waals surface area (Å²) in [7, 11) is 1.56. The van der Waals surface area contributed by atoms with Gasteiger partial charge in [-0.1, -0.05) is 24.3 Å². The van der Waals surface area contributed by atoms with Gasteiger partial charge in [-0.2, -0.15) is 0 Å². The van der Waals surface area contributed by atoms with Gasteiger partial charge in [0.1, 0.15) is 23.8 Å². The van der Waals surface area contributed by atoms with Crippen molar-refractivity contribution in [1.82, 2.24) is 9.80 Å². The normalized spacial score (nSPS) is 27.7. The minimum atomic E-state index is -1.07. The van der Waals surface area contributed by atoms with Crippen molar-refractivity contribution in [3.8, 4) is 5.75 Å². The van der Waals surface area contributed by atoms with Crippen LogP contribution in [0.2, 0.25) is 0 Å². The lowest BCUT2D eigenvalue weighted by molar-refractivity contribution is -0.169. The molecule has 3 amide bonds. The molecule has 0 bridgehead atoms. The first-order chi connectivity index (χ1) is 16.2. The van der Waals surface area contributed by atoms with Crippen molar-refractivity contribution in [3.05, 3.63) is 65.2 Å². The van der Waals surface area contributed by atoms with E-state index in [-0.39, 0.29) is 17.7 Å². The first-order valence-electron chi connectivity index (χ1n) is 10.6. The summed E-state index contributed by atoms with van der Waals surface area (Å²) in [5, 5.41) is -0.569. The molecule has 2 aromatic carbocycles. The van der Waals surface area contributed by atoms with E-state index in [0.717, 1.165) is 10.5 Å². The van der Waals surface area contributed by atoms with Crippen molar-refractivity contribution in [3.63, 3.8) is 0 Å². The lowest BCUT2D eigenvalue weighted by Gasteiger charge is -2.57. The van der Waals surface area contributed by atoms with Crippen molar-refractivity contribution < 1.29 is 28.7 Å². The van der Waals surface area contributed by atoms with Crippen molar-refractivity contribution in [2.45, 2.75) is 35.9 Å². The van der Waals surface area contributed by atoms with E-state index in [1.54, 1.807) is 62.6 Å². The number of ether oxygens (including phenoxy) is 2. The molecule has 176 valence electrons. The number of imide groups is 1. The van der Waals surface area contributed by atoms with Crippen LogP contribution in [0.3, 0.4) is 0 Å². The molecule has 3 heterocycles. The van der Waals surface area contributed by atoms with Crippen LogP contribution in [0.4, 0.5) is 0 Å². The standard InChI is InChI=1S/C24H21ClN2O6S/c1-24(25)12-34-22-17(26-19(28)15-5-3-4-6-16(15)20(26)29)21(30)27(22)18(24)23(31)33-11-13-7-9-14(32-2)10-8-13/h3-10,17-18,22H,11-12H2,1-2H3/t17-,18+,22-,24-/m1/s1. The van der Waals surface area contributed by atoms with Crippen LogP contribution in [-0.4, -0.2) is 68.7 Å². The predicted octanol–water partition coefficient (Wildman–Crippen LogP) is 2.68. The van der Waals surface area contributed by atoms with Gasteiger partial charge in [0.25, 0.3) is 17.7 Å². The molecule has 0 spiro atoms. The number of benzene rings is 2. The van der Waals surface area contributed by atoms with Crippen LogP contribution in [0.1, 0.15) is 33.2 Å².